The first-order valence-corrected chi connectivity index (χ1v) is 15.2. The Labute approximate surface area is 261 Å². The van der Waals surface area contributed by atoms with Crippen molar-refractivity contribution in [1.82, 2.24) is 0 Å². The molecular weight excluding hydrogens is 651 g/mol. The second-order valence-electron chi connectivity index (χ2n) is 9.55. The zero-order valence-corrected chi connectivity index (χ0v) is 25.7. The summed E-state index contributed by atoms with van der Waals surface area (Å²) >= 11 is 12.5. The lowest BCUT2D eigenvalue weighted by Crippen LogP contribution is -2.26. The van der Waals surface area contributed by atoms with Crippen LogP contribution in [-0.4, -0.2) is 48.4 Å². The summed E-state index contributed by atoms with van der Waals surface area (Å²) in [4.78, 5) is 12.6. The molecule has 1 aliphatic carbocycles. The Balaban J connectivity index is 1.59. The maximum Gasteiger partial charge on any atom is 0.387 e. The van der Waals surface area contributed by atoms with Crippen molar-refractivity contribution in [3.8, 4) is 23.0 Å². The number of hydrogen-bond donors (Lipinski definition) is 0. The third-order valence-corrected chi connectivity index (χ3v) is 8.33. The third-order valence-electron chi connectivity index (χ3n) is 6.42. The average molecular weight is 678 g/mol. The first kappa shape index (κ1) is 33.3. The lowest BCUT2D eigenvalue weighted by molar-refractivity contribution is -0.605. The molecule has 1 fully saturated rings. The van der Waals surface area contributed by atoms with Crippen LogP contribution in [0.1, 0.15) is 30.1 Å². The molecule has 238 valence electrons. The van der Waals surface area contributed by atoms with Crippen LogP contribution < -0.4 is 23.7 Å². The summed E-state index contributed by atoms with van der Waals surface area (Å²) in [6.45, 7) is -3.89. The van der Waals surface area contributed by atoms with Crippen molar-refractivity contribution in [3.63, 3.8) is 0 Å². The van der Waals surface area contributed by atoms with Crippen LogP contribution in [0.2, 0.25) is 10.0 Å². The van der Waals surface area contributed by atoms with Gasteiger partial charge in [0.1, 0.15) is 16.1 Å². The number of esters is 1. The van der Waals surface area contributed by atoms with Gasteiger partial charge in [0.05, 0.1) is 25.7 Å². The predicted molar refractivity (Wildman–Crippen MR) is 152 cm³/mol. The van der Waals surface area contributed by atoms with Crippen LogP contribution in [0.3, 0.4) is 0 Å². The van der Waals surface area contributed by atoms with Crippen molar-refractivity contribution in [2.75, 3.05) is 27.4 Å². The molecule has 0 radical (unpaired) electrons. The maximum absolute atomic E-state index is 13.1. The van der Waals surface area contributed by atoms with Crippen molar-refractivity contribution in [3.05, 3.63) is 75.2 Å². The molecule has 0 aliphatic heterocycles. The number of aromatic nitrogens is 1. The fraction of sp³-hybridized carbons (Fsp3) is 0.357. The van der Waals surface area contributed by atoms with Crippen molar-refractivity contribution in [1.29, 1.82) is 0 Å². The number of alkyl halides is 2. The summed E-state index contributed by atoms with van der Waals surface area (Å²) in [5.41, 5.74) is 0.477. The molecule has 4 rings (SSSR count). The van der Waals surface area contributed by atoms with E-state index >= 15 is 0 Å². The Bertz CT molecular complexity index is 1580. The van der Waals surface area contributed by atoms with Gasteiger partial charge in [-0.25, -0.2) is 4.79 Å². The number of hydrogen-bond acceptors (Lipinski definition) is 10. The number of carbonyl (C=O) groups is 1. The monoisotopic (exact) mass is 677 g/mol. The van der Waals surface area contributed by atoms with Crippen LogP contribution in [-0.2, 0) is 30.3 Å². The highest BCUT2D eigenvalue weighted by atomic mass is 35.5. The zero-order chi connectivity index (χ0) is 32.0. The Kier molecular flexibility index (Phi) is 10.9. The van der Waals surface area contributed by atoms with E-state index < -0.39 is 35.4 Å². The van der Waals surface area contributed by atoms with Crippen LogP contribution in [0.25, 0.3) is 0 Å². The van der Waals surface area contributed by atoms with E-state index in [1.807, 2.05) is 0 Å². The molecule has 0 unspecified atom stereocenters. The molecule has 1 atom stereocenters. The minimum atomic E-state index is -4.45. The van der Waals surface area contributed by atoms with E-state index in [2.05, 4.69) is 4.74 Å². The van der Waals surface area contributed by atoms with Crippen molar-refractivity contribution in [2.45, 2.75) is 36.9 Å². The average Bonchev–Trinajstić information content (AvgIpc) is 3.81. The molecule has 1 aliphatic rings. The molecule has 0 spiro atoms. The second kappa shape index (κ2) is 14.5. The van der Waals surface area contributed by atoms with Gasteiger partial charge in [0, 0.05) is 18.1 Å². The van der Waals surface area contributed by atoms with E-state index in [9.17, 15) is 27.2 Å². The molecule has 0 bridgehead atoms. The highest BCUT2D eigenvalue weighted by Gasteiger charge is 2.27. The minimum Gasteiger partial charge on any atom is -0.619 e. The van der Waals surface area contributed by atoms with Crippen LogP contribution in [0.4, 0.5) is 8.78 Å². The van der Waals surface area contributed by atoms with Gasteiger partial charge >= 0.3 is 12.6 Å². The molecule has 11 nitrogen and oxygen atoms in total. The summed E-state index contributed by atoms with van der Waals surface area (Å²) in [5.74, 6) is -0.686. The molecule has 1 saturated carbocycles. The number of benzene rings is 2. The zero-order valence-electron chi connectivity index (χ0n) is 23.3. The number of rotatable bonds is 15. The molecule has 16 heteroatoms. The highest BCUT2D eigenvalue weighted by Crippen LogP contribution is 2.38. The van der Waals surface area contributed by atoms with Crippen molar-refractivity contribution >= 4 is 39.3 Å². The quantitative estimate of drug-likeness (QED) is 0.0907. The van der Waals surface area contributed by atoms with Gasteiger partial charge in [0.25, 0.3) is 10.1 Å². The summed E-state index contributed by atoms with van der Waals surface area (Å²) in [6, 6.07) is 7.67. The van der Waals surface area contributed by atoms with Gasteiger partial charge in [-0.3, -0.25) is 4.18 Å². The molecular formula is C28H27Cl2F2NO10S. The SMILES string of the molecule is COc1ccc(S(=O)(=O)OCC(=O)O[C@@H](Cc2c(Cl)c[n+]([O-])cc2Cl)c2ccc(OC(F)F)c(OCC3CC3)c2)cc1OC. The summed E-state index contributed by atoms with van der Waals surface area (Å²) in [6.07, 6.45) is 2.55. The Morgan fingerprint density at radius 3 is 2.27 bits per heavy atom. The van der Waals surface area contributed by atoms with Crippen LogP contribution >= 0.6 is 23.2 Å². The fourth-order valence-corrected chi connectivity index (χ4v) is 5.49. The number of ether oxygens (including phenoxy) is 5. The van der Waals surface area contributed by atoms with E-state index in [4.69, 9.17) is 46.3 Å². The molecule has 1 heterocycles. The van der Waals surface area contributed by atoms with Crippen LogP contribution in [0.5, 0.6) is 23.0 Å². The molecule has 44 heavy (non-hydrogen) atoms. The number of pyridine rings is 1. The summed E-state index contributed by atoms with van der Waals surface area (Å²) in [7, 11) is -1.75. The fourth-order valence-electron chi connectivity index (χ4n) is 4.02. The van der Waals surface area contributed by atoms with Crippen molar-refractivity contribution < 1.29 is 54.6 Å². The van der Waals surface area contributed by atoms with E-state index in [1.54, 1.807) is 0 Å². The predicted octanol–water partition coefficient (Wildman–Crippen LogP) is 5.27. The van der Waals surface area contributed by atoms with Crippen molar-refractivity contribution in [2.24, 2.45) is 5.92 Å². The van der Waals surface area contributed by atoms with Gasteiger partial charge < -0.3 is 28.9 Å². The van der Waals surface area contributed by atoms with Gasteiger partial charge in [-0.05, 0) is 48.6 Å². The smallest absolute Gasteiger partial charge is 0.387 e. The van der Waals surface area contributed by atoms with E-state index in [1.165, 1.54) is 44.6 Å². The summed E-state index contributed by atoms with van der Waals surface area (Å²) in [5, 5.41) is 11.7. The van der Waals surface area contributed by atoms with Gasteiger partial charge in [0.15, 0.2) is 42.0 Å². The molecule has 2 aromatic carbocycles. The molecule has 0 N–H and O–H groups in total. The molecule has 0 amide bonds. The number of carbonyl (C=O) groups excluding carboxylic acids is 1. The third kappa shape index (κ3) is 8.74. The number of nitrogens with zero attached hydrogens (tertiary/aromatic N) is 1. The maximum atomic E-state index is 13.1. The number of halogens is 4. The number of methoxy groups -OCH3 is 2. The lowest BCUT2D eigenvalue weighted by Gasteiger charge is -2.21. The standard InChI is InChI=1S/C28H27Cl2F2NO10S/c1-38-22-8-6-18(10-25(22)39-2)44(36,37)41-15-27(34)42-24(11-19-20(29)12-33(35)13-21(19)30)17-5-7-23(43-28(31)32)26(9-17)40-14-16-3-4-16/h5-10,12-13,16,24,28H,3-4,11,14-15H2,1-2H3/t24-/m0/s1. The minimum absolute atomic E-state index is 0.0225. The van der Waals surface area contributed by atoms with Gasteiger partial charge in [-0.15, -0.1) is 0 Å². The highest BCUT2D eigenvalue weighted by molar-refractivity contribution is 7.86. The van der Waals surface area contributed by atoms with E-state index in [0.717, 1.165) is 31.3 Å². The largest absolute Gasteiger partial charge is 0.619 e. The van der Waals surface area contributed by atoms with E-state index in [0.29, 0.717) is 4.73 Å². The normalized spacial score (nSPS) is 13.8. The second-order valence-corrected chi connectivity index (χ2v) is 12.0. The van der Waals surface area contributed by atoms with Gasteiger partial charge in [-0.2, -0.15) is 21.9 Å². The Morgan fingerprint density at radius 1 is 1.00 bits per heavy atom. The van der Waals surface area contributed by atoms with Gasteiger partial charge in [0.2, 0.25) is 0 Å². The molecule has 1 aromatic heterocycles. The Hall–Kier alpha value is -3.59. The van der Waals surface area contributed by atoms with Crippen LogP contribution in [0, 0.1) is 11.1 Å². The molecule has 3 aromatic rings. The topological polar surface area (TPSA) is 134 Å². The molecule has 0 saturated heterocycles. The van der Waals surface area contributed by atoms with Gasteiger partial charge in [-0.1, -0.05) is 29.3 Å². The van der Waals surface area contributed by atoms with Crippen LogP contribution in [0.15, 0.2) is 53.7 Å². The van der Waals surface area contributed by atoms with E-state index in [-0.39, 0.29) is 68.0 Å². The Morgan fingerprint density at radius 2 is 1.66 bits per heavy atom. The first-order valence-electron chi connectivity index (χ1n) is 13.0. The summed E-state index contributed by atoms with van der Waals surface area (Å²) < 4.78 is 83.1. The first-order chi connectivity index (χ1) is 20.9. The lowest BCUT2D eigenvalue weighted by atomic mass is 10.0.